The maximum atomic E-state index is 6.08. The molecule has 1 aromatic carbocycles. The Kier molecular flexibility index (Phi) is 2.81. The third-order valence-electron chi connectivity index (χ3n) is 2.32. The zero-order valence-corrected chi connectivity index (χ0v) is 10.0. The average Bonchev–Trinajstić information content (AvgIpc) is 2.23. The van der Waals surface area contributed by atoms with Gasteiger partial charge in [0.15, 0.2) is 0 Å². The Morgan fingerprint density at radius 2 is 1.93 bits per heavy atom. The number of nitrogens with zero attached hydrogens (tertiary/aromatic N) is 2. The lowest BCUT2D eigenvalue weighted by molar-refractivity contribution is 0.959. The molecule has 1 aromatic heterocycles. The Bertz CT molecular complexity index is 523. The predicted octanol–water partition coefficient (Wildman–Crippen LogP) is 3.81. The van der Waals surface area contributed by atoms with E-state index in [1.807, 2.05) is 26.0 Å². The first-order valence-corrected chi connectivity index (χ1v) is 5.50. The van der Waals surface area contributed by atoms with Crippen LogP contribution in [-0.2, 0) is 6.42 Å². The zero-order chi connectivity index (χ0) is 11.0. The normalized spacial score (nSPS) is 10.9. The molecule has 0 saturated carbocycles. The first kappa shape index (κ1) is 10.7. The summed E-state index contributed by atoms with van der Waals surface area (Å²) in [6, 6.07) is 3.76. The van der Waals surface area contributed by atoms with Crippen LogP contribution < -0.4 is 0 Å². The number of aromatic nitrogens is 2. The molecular formula is C11H10Cl2N2. The maximum Gasteiger partial charge on any atom is 0.142 e. The number of rotatable bonds is 1. The minimum absolute atomic E-state index is 0.436. The molecule has 0 radical (unpaired) electrons. The van der Waals surface area contributed by atoms with Crippen LogP contribution in [0.25, 0.3) is 10.9 Å². The molecule has 0 N–H and O–H groups in total. The van der Waals surface area contributed by atoms with E-state index in [9.17, 15) is 0 Å². The van der Waals surface area contributed by atoms with Gasteiger partial charge in [-0.05, 0) is 18.6 Å². The second-order valence-corrected chi connectivity index (χ2v) is 4.14. The minimum atomic E-state index is 0.436. The van der Waals surface area contributed by atoms with E-state index < -0.39 is 0 Å². The lowest BCUT2D eigenvalue weighted by Crippen LogP contribution is -1.96. The first-order valence-electron chi connectivity index (χ1n) is 4.74. The van der Waals surface area contributed by atoms with Crippen LogP contribution in [0, 0.1) is 6.92 Å². The van der Waals surface area contributed by atoms with E-state index in [0.717, 1.165) is 28.7 Å². The van der Waals surface area contributed by atoms with Gasteiger partial charge in [-0.1, -0.05) is 36.2 Å². The van der Waals surface area contributed by atoms with E-state index in [1.54, 1.807) is 0 Å². The summed E-state index contributed by atoms with van der Waals surface area (Å²) in [5.74, 6) is 0.748. The summed E-state index contributed by atoms with van der Waals surface area (Å²) < 4.78 is 0. The molecule has 1 heterocycles. The largest absolute Gasteiger partial charge is 0.232 e. The summed E-state index contributed by atoms with van der Waals surface area (Å²) in [5.41, 5.74) is 1.91. The van der Waals surface area contributed by atoms with Crippen LogP contribution in [0.3, 0.4) is 0 Å². The van der Waals surface area contributed by atoms with E-state index in [2.05, 4.69) is 9.97 Å². The minimum Gasteiger partial charge on any atom is -0.232 e. The lowest BCUT2D eigenvalue weighted by Gasteiger charge is -2.06. The quantitative estimate of drug-likeness (QED) is 0.709. The highest BCUT2D eigenvalue weighted by Crippen LogP contribution is 2.30. The summed E-state index contributed by atoms with van der Waals surface area (Å²) in [4.78, 5) is 8.63. The second kappa shape index (κ2) is 3.95. The molecular weight excluding hydrogens is 231 g/mol. The van der Waals surface area contributed by atoms with Crippen LogP contribution in [0.1, 0.15) is 18.3 Å². The van der Waals surface area contributed by atoms with Crippen molar-refractivity contribution in [2.24, 2.45) is 0 Å². The molecule has 0 aliphatic heterocycles. The summed E-state index contributed by atoms with van der Waals surface area (Å²) in [6.07, 6.45) is 0.765. The summed E-state index contributed by atoms with van der Waals surface area (Å²) in [6.45, 7) is 3.98. The Morgan fingerprint density at radius 1 is 1.20 bits per heavy atom. The van der Waals surface area contributed by atoms with Crippen molar-refractivity contribution in [1.82, 2.24) is 9.97 Å². The van der Waals surface area contributed by atoms with Crippen molar-refractivity contribution < 1.29 is 0 Å². The zero-order valence-electron chi connectivity index (χ0n) is 8.51. The average molecular weight is 241 g/mol. The highest BCUT2D eigenvalue weighted by atomic mass is 35.5. The van der Waals surface area contributed by atoms with E-state index in [-0.39, 0.29) is 0 Å². The number of hydrogen-bond donors (Lipinski definition) is 0. The van der Waals surface area contributed by atoms with Gasteiger partial charge in [0.05, 0.1) is 15.9 Å². The third-order valence-corrected chi connectivity index (χ3v) is 2.91. The summed E-state index contributed by atoms with van der Waals surface area (Å²) in [7, 11) is 0. The van der Waals surface area contributed by atoms with Crippen molar-refractivity contribution in [3.8, 4) is 0 Å². The topological polar surface area (TPSA) is 25.8 Å². The van der Waals surface area contributed by atoms with Gasteiger partial charge < -0.3 is 0 Å². The number of fused-ring (bicyclic) bond motifs is 1. The first-order chi connectivity index (χ1) is 7.13. The molecule has 2 nitrogen and oxygen atoms in total. The van der Waals surface area contributed by atoms with E-state index in [0.29, 0.717) is 10.2 Å². The van der Waals surface area contributed by atoms with Crippen LogP contribution in [0.4, 0.5) is 0 Å². The Labute approximate surface area is 98.3 Å². The molecule has 0 unspecified atom stereocenters. The van der Waals surface area contributed by atoms with Crippen LogP contribution in [0.5, 0.6) is 0 Å². The van der Waals surface area contributed by atoms with Crippen LogP contribution in [0.2, 0.25) is 10.2 Å². The Morgan fingerprint density at radius 3 is 2.60 bits per heavy atom. The van der Waals surface area contributed by atoms with Gasteiger partial charge in [-0.3, -0.25) is 0 Å². The fraction of sp³-hybridized carbons (Fsp3) is 0.273. The van der Waals surface area contributed by atoms with Gasteiger partial charge in [-0.15, -0.1) is 0 Å². The molecule has 78 valence electrons. The molecule has 0 saturated heterocycles. The molecule has 0 aliphatic rings. The van der Waals surface area contributed by atoms with Crippen molar-refractivity contribution in [3.05, 3.63) is 33.7 Å². The molecule has 0 amide bonds. The predicted molar refractivity (Wildman–Crippen MR) is 63.7 cm³/mol. The van der Waals surface area contributed by atoms with E-state index in [4.69, 9.17) is 23.2 Å². The van der Waals surface area contributed by atoms with Gasteiger partial charge in [0.1, 0.15) is 11.0 Å². The van der Waals surface area contributed by atoms with Crippen molar-refractivity contribution in [2.45, 2.75) is 20.3 Å². The van der Waals surface area contributed by atoms with Gasteiger partial charge in [0.25, 0.3) is 0 Å². The Hall–Kier alpha value is -0.860. The van der Waals surface area contributed by atoms with Crippen molar-refractivity contribution in [1.29, 1.82) is 0 Å². The highest BCUT2D eigenvalue weighted by molar-refractivity contribution is 6.41. The van der Waals surface area contributed by atoms with Crippen LogP contribution in [-0.4, -0.2) is 9.97 Å². The van der Waals surface area contributed by atoms with Crippen molar-refractivity contribution >= 4 is 34.1 Å². The fourth-order valence-corrected chi connectivity index (χ4v) is 2.07. The molecule has 0 aliphatic carbocycles. The van der Waals surface area contributed by atoms with Gasteiger partial charge in [-0.2, -0.15) is 0 Å². The second-order valence-electron chi connectivity index (χ2n) is 3.37. The van der Waals surface area contributed by atoms with Gasteiger partial charge in [0, 0.05) is 6.42 Å². The highest BCUT2D eigenvalue weighted by Gasteiger charge is 2.10. The molecule has 0 fully saturated rings. The van der Waals surface area contributed by atoms with E-state index in [1.165, 1.54) is 0 Å². The maximum absolute atomic E-state index is 6.08. The molecule has 2 rings (SSSR count). The molecule has 0 bridgehead atoms. The van der Waals surface area contributed by atoms with Gasteiger partial charge in [-0.25, -0.2) is 9.97 Å². The summed E-state index contributed by atoms with van der Waals surface area (Å²) >= 11 is 12.1. The van der Waals surface area contributed by atoms with Crippen LogP contribution >= 0.6 is 23.2 Å². The lowest BCUT2D eigenvalue weighted by atomic mass is 10.1. The van der Waals surface area contributed by atoms with Gasteiger partial charge in [0.2, 0.25) is 0 Å². The molecule has 2 aromatic rings. The molecule has 0 spiro atoms. The molecule has 4 heteroatoms. The molecule has 0 atom stereocenters. The Balaban J connectivity index is 2.90. The number of benzene rings is 1. The third kappa shape index (κ3) is 1.80. The van der Waals surface area contributed by atoms with Gasteiger partial charge >= 0.3 is 0 Å². The number of halogens is 2. The number of hydrogen-bond acceptors (Lipinski definition) is 2. The monoisotopic (exact) mass is 240 g/mol. The SMILES string of the molecule is CCc1nc(Cl)c2c(Cl)ccc(C)c2n1. The van der Waals surface area contributed by atoms with E-state index >= 15 is 0 Å². The standard InChI is InChI=1S/C11H10Cl2N2/c1-3-8-14-10-6(2)4-5-7(12)9(10)11(13)15-8/h4-5H,3H2,1-2H3. The smallest absolute Gasteiger partial charge is 0.142 e. The van der Waals surface area contributed by atoms with Crippen molar-refractivity contribution in [2.75, 3.05) is 0 Å². The number of aryl methyl sites for hydroxylation is 2. The fourth-order valence-electron chi connectivity index (χ4n) is 1.49. The molecule has 15 heavy (non-hydrogen) atoms. The summed E-state index contributed by atoms with van der Waals surface area (Å²) in [5, 5.41) is 1.78. The van der Waals surface area contributed by atoms with Crippen molar-refractivity contribution in [3.63, 3.8) is 0 Å². The van der Waals surface area contributed by atoms with Crippen LogP contribution in [0.15, 0.2) is 12.1 Å².